The molecule has 3 nitrogen and oxygen atoms in total. The Balaban J connectivity index is 1.83. The van der Waals surface area contributed by atoms with E-state index in [1.807, 2.05) is 12.1 Å². The van der Waals surface area contributed by atoms with Crippen molar-refractivity contribution in [3.63, 3.8) is 0 Å². The summed E-state index contributed by atoms with van der Waals surface area (Å²) in [5.74, 6) is 0.845. The molecule has 1 aliphatic heterocycles. The van der Waals surface area contributed by atoms with E-state index in [0.29, 0.717) is 6.04 Å². The van der Waals surface area contributed by atoms with Gasteiger partial charge in [-0.25, -0.2) is 0 Å². The average Bonchev–Trinajstić information content (AvgIpc) is 2.48. The second kappa shape index (κ2) is 5.51. The predicted molar refractivity (Wildman–Crippen MR) is 75.5 cm³/mol. The van der Waals surface area contributed by atoms with Crippen LogP contribution in [0.3, 0.4) is 0 Å². The van der Waals surface area contributed by atoms with E-state index in [1.54, 1.807) is 7.11 Å². The quantitative estimate of drug-likeness (QED) is 0.888. The fourth-order valence-corrected chi connectivity index (χ4v) is 3.50. The van der Waals surface area contributed by atoms with Gasteiger partial charge in [-0.05, 0) is 62.0 Å². The number of aliphatic hydroxyl groups is 1. The molecule has 0 bridgehead atoms. The van der Waals surface area contributed by atoms with Crippen LogP contribution in [0.25, 0.3) is 0 Å². The van der Waals surface area contributed by atoms with Crippen LogP contribution in [-0.4, -0.2) is 36.2 Å². The molecule has 19 heavy (non-hydrogen) atoms. The molecule has 1 saturated heterocycles. The first-order valence-corrected chi connectivity index (χ1v) is 7.38. The highest BCUT2D eigenvalue weighted by atomic mass is 16.5. The zero-order chi connectivity index (χ0) is 13.2. The predicted octanol–water partition coefficient (Wildman–Crippen LogP) is 2.53. The summed E-state index contributed by atoms with van der Waals surface area (Å²) in [6, 6.07) is 6.40. The number of fused-ring (bicyclic) bond motifs is 1. The first-order valence-electron chi connectivity index (χ1n) is 7.38. The number of likely N-dealkylation sites (tertiary alicyclic amines) is 1. The number of piperidine rings is 1. The van der Waals surface area contributed by atoms with E-state index in [4.69, 9.17) is 4.74 Å². The van der Waals surface area contributed by atoms with Gasteiger partial charge >= 0.3 is 0 Å². The molecule has 104 valence electrons. The number of aliphatic hydroxyl groups excluding tert-OH is 1. The van der Waals surface area contributed by atoms with Crippen LogP contribution in [-0.2, 0) is 6.42 Å². The van der Waals surface area contributed by atoms with Gasteiger partial charge in [0, 0.05) is 6.04 Å². The van der Waals surface area contributed by atoms with Crippen molar-refractivity contribution >= 4 is 0 Å². The lowest BCUT2D eigenvalue weighted by molar-refractivity contribution is 0.0260. The molecule has 3 heteroatoms. The van der Waals surface area contributed by atoms with Crippen molar-refractivity contribution in [2.45, 2.75) is 44.2 Å². The molecule has 0 aromatic heterocycles. The molecule has 0 radical (unpaired) electrons. The van der Waals surface area contributed by atoms with Gasteiger partial charge in [0.05, 0.1) is 13.2 Å². The second-order valence-corrected chi connectivity index (χ2v) is 5.71. The van der Waals surface area contributed by atoms with E-state index in [1.165, 1.54) is 24.8 Å². The minimum Gasteiger partial charge on any atom is -0.497 e. The van der Waals surface area contributed by atoms with Crippen LogP contribution < -0.4 is 4.74 Å². The lowest BCUT2D eigenvalue weighted by atomic mass is 9.84. The molecule has 0 spiro atoms. The molecule has 2 unspecified atom stereocenters. The Morgan fingerprint density at radius 1 is 1.21 bits per heavy atom. The van der Waals surface area contributed by atoms with Gasteiger partial charge in [0.15, 0.2) is 0 Å². The first-order chi connectivity index (χ1) is 9.29. The number of aryl methyl sites for hydroxylation is 1. The summed E-state index contributed by atoms with van der Waals surface area (Å²) in [5.41, 5.74) is 2.35. The SMILES string of the molecule is COc1ccc2c(c1)C(O)C(N1CCCCC1)CC2. The van der Waals surface area contributed by atoms with Crippen molar-refractivity contribution in [1.29, 1.82) is 0 Å². The third kappa shape index (κ3) is 2.49. The van der Waals surface area contributed by atoms with Crippen molar-refractivity contribution in [2.24, 2.45) is 0 Å². The van der Waals surface area contributed by atoms with Crippen LogP contribution in [0, 0.1) is 0 Å². The summed E-state index contributed by atoms with van der Waals surface area (Å²) < 4.78 is 5.28. The van der Waals surface area contributed by atoms with Crippen LogP contribution in [0.4, 0.5) is 0 Å². The van der Waals surface area contributed by atoms with Gasteiger partial charge in [-0.15, -0.1) is 0 Å². The molecule has 1 aromatic carbocycles. The molecule has 1 N–H and O–H groups in total. The monoisotopic (exact) mass is 261 g/mol. The van der Waals surface area contributed by atoms with Crippen molar-refractivity contribution in [2.75, 3.05) is 20.2 Å². The summed E-state index contributed by atoms with van der Waals surface area (Å²) in [4.78, 5) is 2.48. The topological polar surface area (TPSA) is 32.7 Å². The second-order valence-electron chi connectivity index (χ2n) is 5.71. The molecule has 2 aliphatic rings. The third-order valence-electron chi connectivity index (χ3n) is 4.61. The largest absolute Gasteiger partial charge is 0.497 e. The van der Waals surface area contributed by atoms with Gasteiger partial charge in [0.1, 0.15) is 5.75 Å². The van der Waals surface area contributed by atoms with Gasteiger partial charge in [0.2, 0.25) is 0 Å². The zero-order valence-corrected chi connectivity index (χ0v) is 11.6. The minimum atomic E-state index is -0.364. The third-order valence-corrected chi connectivity index (χ3v) is 4.61. The summed E-state index contributed by atoms with van der Waals surface area (Å²) in [7, 11) is 1.68. The lowest BCUT2D eigenvalue weighted by Gasteiger charge is -2.40. The van der Waals surface area contributed by atoms with E-state index in [2.05, 4.69) is 11.0 Å². The Morgan fingerprint density at radius 2 is 2.00 bits per heavy atom. The Bertz CT molecular complexity index is 440. The molecule has 1 fully saturated rings. The van der Waals surface area contributed by atoms with Crippen molar-refractivity contribution in [3.8, 4) is 5.75 Å². The van der Waals surface area contributed by atoms with E-state index >= 15 is 0 Å². The van der Waals surface area contributed by atoms with E-state index < -0.39 is 0 Å². The maximum atomic E-state index is 10.7. The number of ether oxygens (including phenoxy) is 1. The number of hydrogen-bond acceptors (Lipinski definition) is 3. The van der Waals surface area contributed by atoms with E-state index in [-0.39, 0.29) is 6.10 Å². The number of benzene rings is 1. The fraction of sp³-hybridized carbons (Fsp3) is 0.625. The summed E-state index contributed by atoms with van der Waals surface area (Å²) >= 11 is 0. The van der Waals surface area contributed by atoms with Crippen LogP contribution in [0.15, 0.2) is 18.2 Å². The molecule has 2 atom stereocenters. The van der Waals surface area contributed by atoms with Gasteiger partial charge in [-0.2, -0.15) is 0 Å². The molecule has 3 rings (SSSR count). The summed E-state index contributed by atoms with van der Waals surface area (Å²) in [6.07, 6.45) is 5.65. The molecule has 1 heterocycles. The van der Waals surface area contributed by atoms with Gasteiger partial charge in [-0.1, -0.05) is 12.5 Å². The van der Waals surface area contributed by atoms with Crippen LogP contribution >= 0.6 is 0 Å². The van der Waals surface area contributed by atoms with Crippen LogP contribution in [0.5, 0.6) is 5.75 Å². The summed E-state index contributed by atoms with van der Waals surface area (Å²) in [6.45, 7) is 2.28. The number of methoxy groups -OCH3 is 1. The Labute approximate surface area is 115 Å². The highest BCUT2D eigenvalue weighted by molar-refractivity contribution is 5.39. The molecule has 0 amide bonds. The Morgan fingerprint density at radius 3 is 2.74 bits per heavy atom. The van der Waals surface area contributed by atoms with Gasteiger partial charge in [0.25, 0.3) is 0 Å². The molecule has 1 aromatic rings. The van der Waals surface area contributed by atoms with Crippen LogP contribution in [0.2, 0.25) is 0 Å². The fourth-order valence-electron chi connectivity index (χ4n) is 3.50. The van der Waals surface area contributed by atoms with Crippen molar-refractivity contribution in [1.82, 2.24) is 4.90 Å². The zero-order valence-electron chi connectivity index (χ0n) is 11.6. The number of rotatable bonds is 2. The van der Waals surface area contributed by atoms with E-state index in [9.17, 15) is 5.11 Å². The van der Waals surface area contributed by atoms with Gasteiger partial charge < -0.3 is 9.84 Å². The average molecular weight is 261 g/mol. The molecule has 0 saturated carbocycles. The maximum Gasteiger partial charge on any atom is 0.119 e. The first kappa shape index (κ1) is 12.9. The standard InChI is InChI=1S/C16H23NO2/c1-19-13-7-5-12-6-8-15(16(18)14(12)11-13)17-9-3-2-4-10-17/h5,7,11,15-16,18H,2-4,6,8-10H2,1H3. The number of hydrogen-bond donors (Lipinski definition) is 1. The Kier molecular flexibility index (Phi) is 3.76. The highest BCUT2D eigenvalue weighted by Crippen LogP contribution is 2.35. The normalized spacial score (nSPS) is 27.9. The minimum absolute atomic E-state index is 0.292. The summed E-state index contributed by atoms with van der Waals surface area (Å²) in [5, 5.41) is 10.7. The smallest absolute Gasteiger partial charge is 0.119 e. The molecular weight excluding hydrogens is 238 g/mol. The maximum absolute atomic E-state index is 10.7. The van der Waals surface area contributed by atoms with Crippen molar-refractivity contribution in [3.05, 3.63) is 29.3 Å². The Hall–Kier alpha value is -1.06. The van der Waals surface area contributed by atoms with Crippen LogP contribution in [0.1, 0.15) is 42.9 Å². The highest BCUT2D eigenvalue weighted by Gasteiger charge is 2.32. The van der Waals surface area contributed by atoms with Crippen molar-refractivity contribution < 1.29 is 9.84 Å². The van der Waals surface area contributed by atoms with E-state index in [0.717, 1.165) is 37.2 Å². The van der Waals surface area contributed by atoms with Gasteiger partial charge in [-0.3, -0.25) is 4.90 Å². The molecule has 1 aliphatic carbocycles. The number of nitrogens with zero attached hydrogens (tertiary/aromatic N) is 1. The lowest BCUT2D eigenvalue weighted by Crippen LogP contribution is -2.44. The molecular formula is C16H23NO2.